The number of ether oxygens (including phenoxy) is 1. The Balaban J connectivity index is 1.35. The highest BCUT2D eigenvalue weighted by Crippen LogP contribution is 2.24. The molecule has 0 aromatic heterocycles. The fraction of sp³-hybridized carbons (Fsp3) is 0.207. The quantitative estimate of drug-likeness (QED) is 0.283. The number of carboxylic acid groups (broad SMARTS) is 1. The van der Waals surface area contributed by atoms with E-state index in [1.54, 1.807) is 0 Å². The molecule has 0 atom stereocenters. The van der Waals surface area contributed by atoms with Gasteiger partial charge in [-0.25, -0.2) is 4.39 Å². The molecule has 0 bridgehead atoms. The summed E-state index contributed by atoms with van der Waals surface area (Å²) in [6.07, 6.45) is 0.631. The first kappa shape index (κ1) is 23.3. The number of benzene rings is 4. The van der Waals surface area contributed by atoms with E-state index in [9.17, 15) is 9.18 Å². The van der Waals surface area contributed by atoms with E-state index in [0.717, 1.165) is 33.5 Å². The second-order valence-corrected chi connectivity index (χ2v) is 8.28. The molecular weight excluding hydrogens is 429 g/mol. The second-order valence-electron chi connectivity index (χ2n) is 8.28. The van der Waals surface area contributed by atoms with E-state index < -0.39 is 12.6 Å². The van der Waals surface area contributed by atoms with Gasteiger partial charge >= 0.3 is 5.97 Å². The van der Waals surface area contributed by atoms with Gasteiger partial charge in [0.25, 0.3) is 0 Å². The van der Waals surface area contributed by atoms with Crippen LogP contribution in [0, 0.1) is 0 Å². The minimum atomic E-state index is -0.797. The third kappa shape index (κ3) is 6.35. The van der Waals surface area contributed by atoms with Crippen molar-refractivity contribution < 1.29 is 19.0 Å². The number of nitrogens with zero attached hydrogens (tertiary/aromatic N) is 1. The number of hydrogen-bond acceptors (Lipinski definition) is 3. The Morgan fingerprint density at radius 3 is 2.21 bits per heavy atom. The zero-order valence-corrected chi connectivity index (χ0v) is 19.0. The monoisotopic (exact) mass is 457 g/mol. The molecule has 0 unspecified atom stereocenters. The Hall–Kier alpha value is -3.86. The number of hydrogen-bond donors (Lipinski definition) is 1. The van der Waals surface area contributed by atoms with Crippen molar-refractivity contribution in [1.82, 2.24) is 0 Å². The van der Waals surface area contributed by atoms with Crippen LogP contribution in [0.1, 0.15) is 23.1 Å². The molecule has 0 aliphatic carbocycles. The summed E-state index contributed by atoms with van der Waals surface area (Å²) in [5.41, 5.74) is 4.13. The van der Waals surface area contributed by atoms with Crippen molar-refractivity contribution in [2.75, 3.05) is 18.1 Å². The largest absolute Gasteiger partial charge is 0.489 e. The summed E-state index contributed by atoms with van der Waals surface area (Å²) < 4.78 is 19.2. The first-order valence-corrected chi connectivity index (χ1v) is 11.4. The maximum Gasteiger partial charge on any atom is 0.303 e. The highest BCUT2D eigenvalue weighted by Gasteiger charge is 2.09. The number of fused-ring (bicyclic) bond motifs is 1. The van der Waals surface area contributed by atoms with Crippen molar-refractivity contribution in [3.8, 4) is 5.75 Å². The average Bonchev–Trinajstić information content (AvgIpc) is 2.87. The van der Waals surface area contributed by atoms with Gasteiger partial charge in [-0.05, 0) is 58.1 Å². The number of rotatable bonds is 11. The molecule has 0 aliphatic rings. The summed E-state index contributed by atoms with van der Waals surface area (Å²) in [5, 5.41) is 11.1. The van der Waals surface area contributed by atoms with Crippen molar-refractivity contribution in [3.63, 3.8) is 0 Å². The molecule has 0 radical (unpaired) electrons. The maximum atomic E-state index is 13.3. The molecule has 0 spiro atoms. The van der Waals surface area contributed by atoms with Crippen LogP contribution in [-0.2, 0) is 24.4 Å². The lowest BCUT2D eigenvalue weighted by atomic mass is 10.1. The van der Waals surface area contributed by atoms with Crippen LogP contribution in [0.25, 0.3) is 10.8 Å². The average molecular weight is 458 g/mol. The van der Waals surface area contributed by atoms with Crippen molar-refractivity contribution in [2.45, 2.75) is 26.0 Å². The standard InChI is InChI=1S/C29H28FNO3/c30-17-18-31(27-13-12-25-3-1-2-4-26(25)19-27)20-23-5-7-24(8-6-23)21-34-28-14-9-22(10-15-28)11-16-29(32)33/h1-10,12-15,19H,11,16-18,20-21H2,(H,32,33). The minimum Gasteiger partial charge on any atom is -0.489 e. The fourth-order valence-electron chi connectivity index (χ4n) is 3.91. The molecule has 0 aliphatic heterocycles. The normalized spacial score (nSPS) is 10.9. The predicted octanol–water partition coefficient (Wildman–Crippen LogP) is 6.41. The molecule has 0 fully saturated rings. The maximum absolute atomic E-state index is 13.3. The molecule has 4 aromatic carbocycles. The Labute approximate surface area is 199 Å². The molecule has 0 saturated heterocycles. The third-order valence-electron chi connectivity index (χ3n) is 5.81. The van der Waals surface area contributed by atoms with Gasteiger partial charge in [0.05, 0.1) is 0 Å². The van der Waals surface area contributed by atoms with E-state index in [0.29, 0.717) is 26.1 Å². The molecule has 34 heavy (non-hydrogen) atoms. The van der Waals surface area contributed by atoms with E-state index in [2.05, 4.69) is 41.3 Å². The van der Waals surface area contributed by atoms with Crippen LogP contribution in [0.2, 0.25) is 0 Å². The van der Waals surface area contributed by atoms with Crippen molar-refractivity contribution in [1.29, 1.82) is 0 Å². The van der Waals surface area contributed by atoms with Crippen LogP contribution in [0.4, 0.5) is 10.1 Å². The number of alkyl halides is 1. The molecule has 4 rings (SSSR count). The first-order valence-electron chi connectivity index (χ1n) is 11.4. The van der Waals surface area contributed by atoms with E-state index >= 15 is 0 Å². The van der Waals surface area contributed by atoms with E-state index in [1.807, 2.05) is 54.6 Å². The molecule has 0 saturated carbocycles. The number of aryl methyl sites for hydroxylation is 1. The second kappa shape index (κ2) is 11.3. The lowest BCUT2D eigenvalue weighted by Gasteiger charge is -2.24. The molecule has 0 heterocycles. The number of carboxylic acids is 1. The highest BCUT2D eigenvalue weighted by molar-refractivity contribution is 5.85. The van der Waals surface area contributed by atoms with Crippen molar-refractivity contribution in [2.24, 2.45) is 0 Å². The van der Waals surface area contributed by atoms with Gasteiger partial charge in [0.1, 0.15) is 19.0 Å². The zero-order chi connectivity index (χ0) is 23.8. The first-order chi connectivity index (χ1) is 16.6. The van der Waals surface area contributed by atoms with E-state index in [1.165, 1.54) is 5.39 Å². The predicted molar refractivity (Wildman–Crippen MR) is 134 cm³/mol. The Kier molecular flexibility index (Phi) is 7.76. The van der Waals surface area contributed by atoms with Gasteiger partial charge in [0, 0.05) is 25.2 Å². The lowest BCUT2D eigenvalue weighted by Crippen LogP contribution is -2.25. The van der Waals surface area contributed by atoms with Crippen LogP contribution in [0.5, 0.6) is 5.75 Å². The van der Waals surface area contributed by atoms with Gasteiger partial charge in [0.15, 0.2) is 0 Å². The molecule has 0 amide bonds. The summed E-state index contributed by atoms with van der Waals surface area (Å²) in [5.74, 6) is -0.0533. The number of halogens is 1. The number of anilines is 1. The summed E-state index contributed by atoms with van der Waals surface area (Å²) >= 11 is 0. The van der Waals surface area contributed by atoms with Crippen LogP contribution >= 0.6 is 0 Å². The van der Waals surface area contributed by atoms with Crippen LogP contribution in [0.3, 0.4) is 0 Å². The Morgan fingerprint density at radius 1 is 0.824 bits per heavy atom. The smallest absolute Gasteiger partial charge is 0.303 e. The van der Waals surface area contributed by atoms with E-state index in [-0.39, 0.29) is 6.42 Å². The zero-order valence-electron chi connectivity index (χ0n) is 19.0. The molecule has 4 nitrogen and oxygen atoms in total. The molecular formula is C29H28FNO3. The fourth-order valence-corrected chi connectivity index (χ4v) is 3.91. The molecule has 4 aromatic rings. The minimum absolute atomic E-state index is 0.121. The number of carbonyl (C=O) groups is 1. The van der Waals surface area contributed by atoms with Gasteiger partial charge in [-0.3, -0.25) is 4.79 Å². The summed E-state index contributed by atoms with van der Waals surface area (Å²) in [7, 11) is 0. The van der Waals surface area contributed by atoms with Crippen LogP contribution < -0.4 is 9.64 Å². The van der Waals surface area contributed by atoms with E-state index in [4.69, 9.17) is 9.84 Å². The Morgan fingerprint density at radius 2 is 1.50 bits per heavy atom. The summed E-state index contributed by atoms with van der Waals surface area (Å²) in [6, 6.07) is 30.1. The third-order valence-corrected chi connectivity index (χ3v) is 5.81. The summed E-state index contributed by atoms with van der Waals surface area (Å²) in [4.78, 5) is 12.7. The topological polar surface area (TPSA) is 49.8 Å². The number of aliphatic carboxylic acids is 1. The van der Waals surface area contributed by atoms with Crippen LogP contribution in [-0.4, -0.2) is 24.3 Å². The Bertz CT molecular complexity index is 1220. The van der Waals surface area contributed by atoms with Gasteiger partial charge in [-0.15, -0.1) is 0 Å². The molecule has 1 N–H and O–H groups in total. The van der Waals surface area contributed by atoms with Crippen molar-refractivity contribution in [3.05, 3.63) is 108 Å². The van der Waals surface area contributed by atoms with Crippen molar-refractivity contribution >= 4 is 22.4 Å². The van der Waals surface area contributed by atoms with Gasteiger partial charge in [0.2, 0.25) is 0 Å². The molecule has 5 heteroatoms. The van der Waals surface area contributed by atoms with Gasteiger partial charge < -0.3 is 14.7 Å². The van der Waals surface area contributed by atoms with Crippen LogP contribution in [0.15, 0.2) is 91.0 Å². The van der Waals surface area contributed by atoms with Gasteiger partial charge in [-0.2, -0.15) is 0 Å². The lowest BCUT2D eigenvalue weighted by molar-refractivity contribution is -0.136. The molecule has 174 valence electrons. The SMILES string of the molecule is O=C(O)CCc1ccc(OCc2ccc(CN(CCF)c3ccc4ccccc4c3)cc2)cc1. The highest BCUT2D eigenvalue weighted by atomic mass is 19.1. The summed E-state index contributed by atoms with van der Waals surface area (Å²) in [6.45, 7) is 0.994. The van der Waals surface area contributed by atoms with Gasteiger partial charge in [-0.1, -0.05) is 66.7 Å².